The van der Waals surface area contributed by atoms with Gasteiger partial charge in [-0.2, -0.15) is 4.68 Å². The molecule has 0 unspecified atom stereocenters. The number of amides is 1. The zero-order valence-corrected chi connectivity index (χ0v) is 17.2. The summed E-state index contributed by atoms with van der Waals surface area (Å²) in [6.07, 6.45) is 0. The second-order valence-electron chi connectivity index (χ2n) is 7.14. The predicted molar refractivity (Wildman–Crippen MR) is 108 cm³/mol. The molecule has 0 saturated carbocycles. The van der Waals surface area contributed by atoms with E-state index in [1.807, 2.05) is 0 Å². The summed E-state index contributed by atoms with van der Waals surface area (Å²) in [6.45, 7) is 9.98. The molecule has 1 heterocycles. The molecule has 0 saturated heterocycles. The van der Waals surface area contributed by atoms with E-state index in [0.29, 0.717) is 5.92 Å². The minimum absolute atomic E-state index is 0.0940. The van der Waals surface area contributed by atoms with Gasteiger partial charge in [-0.05, 0) is 29.9 Å². The molecule has 0 aliphatic rings. The van der Waals surface area contributed by atoms with Gasteiger partial charge in [0.1, 0.15) is 5.69 Å². The number of thioether (sulfide) groups is 1. The molecule has 0 spiro atoms. The van der Waals surface area contributed by atoms with Crippen molar-refractivity contribution in [1.82, 2.24) is 20.2 Å². The first-order valence-electron chi connectivity index (χ1n) is 8.94. The number of aryl methyl sites for hydroxylation is 1. The van der Waals surface area contributed by atoms with Crippen LogP contribution in [-0.2, 0) is 4.79 Å². The van der Waals surface area contributed by atoms with Crippen LogP contribution in [-0.4, -0.2) is 26.5 Å². The zero-order chi connectivity index (χ0) is 20.1. The maximum Gasteiger partial charge on any atom is 0.294 e. The number of carbonyl (C=O) groups excluding carboxylic acids is 1. The van der Waals surface area contributed by atoms with Gasteiger partial charge in [0, 0.05) is 0 Å². The van der Waals surface area contributed by atoms with E-state index in [9.17, 15) is 9.59 Å². The minimum Gasteiger partial charge on any atom is -0.348 e. The van der Waals surface area contributed by atoms with Crippen LogP contribution in [0.5, 0.6) is 0 Å². The molecule has 0 radical (unpaired) electrons. The Morgan fingerprint density at radius 1 is 1.15 bits per heavy atom. The van der Waals surface area contributed by atoms with Gasteiger partial charge in [-0.15, -0.1) is 10.2 Å². The number of nitrogens with one attached hydrogen (secondary N) is 1. The second-order valence-corrected chi connectivity index (χ2v) is 8.08. The molecular weight excluding hydrogens is 362 g/mol. The number of hydrogen-bond donors (Lipinski definition) is 2. The lowest BCUT2D eigenvalue weighted by Crippen LogP contribution is -2.34. The number of rotatable bonds is 7. The fourth-order valence-electron chi connectivity index (χ4n) is 2.64. The Kier molecular flexibility index (Phi) is 7.01. The quantitative estimate of drug-likeness (QED) is 0.557. The summed E-state index contributed by atoms with van der Waals surface area (Å²) in [4.78, 5) is 24.2. The molecule has 8 heteroatoms. The van der Waals surface area contributed by atoms with E-state index in [2.05, 4.69) is 67.5 Å². The van der Waals surface area contributed by atoms with Crippen LogP contribution in [0, 0.1) is 12.8 Å². The smallest absolute Gasteiger partial charge is 0.294 e. The SMILES string of the molecule is Cc1nnc(SCC(=O)N[C@H](c2ccc(C(C)C)cc2)C(C)C)n(N)c1=O. The van der Waals surface area contributed by atoms with Crippen LogP contribution in [0.1, 0.15) is 56.5 Å². The number of nitrogens with zero attached hydrogens (tertiary/aromatic N) is 3. The lowest BCUT2D eigenvalue weighted by atomic mass is 9.93. The molecule has 2 aromatic rings. The number of nitrogen functional groups attached to an aromatic ring is 1. The lowest BCUT2D eigenvalue weighted by molar-refractivity contribution is -0.119. The Labute approximate surface area is 163 Å². The molecule has 146 valence electrons. The summed E-state index contributed by atoms with van der Waals surface area (Å²) in [6, 6.07) is 8.24. The topological polar surface area (TPSA) is 103 Å². The Morgan fingerprint density at radius 3 is 2.30 bits per heavy atom. The number of aromatic nitrogens is 3. The fraction of sp³-hybridized carbons (Fsp3) is 0.474. The van der Waals surface area contributed by atoms with Crippen molar-refractivity contribution in [2.75, 3.05) is 11.6 Å². The van der Waals surface area contributed by atoms with Crippen LogP contribution in [0.4, 0.5) is 0 Å². The van der Waals surface area contributed by atoms with Crippen LogP contribution in [0.3, 0.4) is 0 Å². The number of carbonyl (C=O) groups is 1. The van der Waals surface area contributed by atoms with Crippen molar-refractivity contribution in [3.8, 4) is 0 Å². The number of hydrogen-bond acceptors (Lipinski definition) is 6. The molecule has 1 aromatic carbocycles. The van der Waals surface area contributed by atoms with Gasteiger partial charge in [0.2, 0.25) is 11.1 Å². The van der Waals surface area contributed by atoms with Crippen LogP contribution >= 0.6 is 11.8 Å². The highest BCUT2D eigenvalue weighted by molar-refractivity contribution is 7.99. The van der Waals surface area contributed by atoms with Crippen molar-refractivity contribution >= 4 is 17.7 Å². The van der Waals surface area contributed by atoms with Crippen LogP contribution in [0.2, 0.25) is 0 Å². The van der Waals surface area contributed by atoms with E-state index in [0.717, 1.165) is 22.0 Å². The van der Waals surface area contributed by atoms with Crippen molar-refractivity contribution in [2.24, 2.45) is 5.92 Å². The molecule has 0 fully saturated rings. The van der Waals surface area contributed by atoms with Gasteiger partial charge in [0.25, 0.3) is 5.56 Å². The summed E-state index contributed by atoms with van der Waals surface area (Å²) >= 11 is 1.09. The average molecular weight is 390 g/mol. The summed E-state index contributed by atoms with van der Waals surface area (Å²) in [5.74, 6) is 6.34. The first kappa shape index (κ1) is 21.0. The normalized spacial score (nSPS) is 12.4. The third-order valence-corrected chi connectivity index (χ3v) is 5.24. The predicted octanol–water partition coefficient (Wildman–Crippen LogP) is 2.39. The van der Waals surface area contributed by atoms with Gasteiger partial charge in [0.05, 0.1) is 11.8 Å². The van der Waals surface area contributed by atoms with Crippen molar-refractivity contribution in [2.45, 2.75) is 51.7 Å². The van der Waals surface area contributed by atoms with Crippen LogP contribution in [0.15, 0.2) is 34.2 Å². The van der Waals surface area contributed by atoms with E-state index in [1.165, 1.54) is 12.5 Å². The first-order chi connectivity index (χ1) is 12.7. The highest BCUT2D eigenvalue weighted by atomic mass is 32.2. The van der Waals surface area contributed by atoms with Crippen LogP contribution in [0.25, 0.3) is 0 Å². The monoisotopic (exact) mass is 389 g/mol. The van der Waals surface area contributed by atoms with E-state index in [-0.39, 0.29) is 34.5 Å². The molecule has 1 aromatic heterocycles. The number of nitrogens with two attached hydrogens (primary N) is 1. The van der Waals surface area contributed by atoms with Crippen molar-refractivity contribution < 1.29 is 4.79 Å². The average Bonchev–Trinajstić information content (AvgIpc) is 2.63. The standard InChI is InChI=1S/C19H27N5O2S/c1-11(2)14-6-8-15(9-7-14)17(12(3)4)21-16(25)10-27-19-23-22-13(5)18(26)24(19)20/h6-9,11-12,17H,10,20H2,1-5H3,(H,21,25)/t17-/m0/s1. The second kappa shape index (κ2) is 9.03. The maximum absolute atomic E-state index is 12.4. The van der Waals surface area contributed by atoms with Crippen LogP contribution < -0.4 is 16.7 Å². The van der Waals surface area contributed by atoms with Gasteiger partial charge in [-0.3, -0.25) is 9.59 Å². The van der Waals surface area contributed by atoms with E-state index in [1.54, 1.807) is 0 Å². The molecule has 1 amide bonds. The molecule has 0 aliphatic heterocycles. The highest BCUT2D eigenvalue weighted by Gasteiger charge is 2.19. The lowest BCUT2D eigenvalue weighted by Gasteiger charge is -2.23. The Bertz CT molecular complexity index is 846. The minimum atomic E-state index is -0.418. The van der Waals surface area contributed by atoms with Crippen molar-refractivity contribution in [3.05, 3.63) is 51.4 Å². The van der Waals surface area contributed by atoms with E-state index < -0.39 is 5.56 Å². The summed E-state index contributed by atoms with van der Waals surface area (Å²) in [5.41, 5.74) is 2.13. The van der Waals surface area contributed by atoms with Gasteiger partial charge in [-0.1, -0.05) is 63.7 Å². The van der Waals surface area contributed by atoms with E-state index in [4.69, 9.17) is 5.84 Å². The van der Waals surface area contributed by atoms with Gasteiger partial charge >= 0.3 is 0 Å². The Hall–Kier alpha value is -2.35. The molecular formula is C19H27N5O2S. The van der Waals surface area contributed by atoms with Gasteiger partial charge < -0.3 is 11.2 Å². The maximum atomic E-state index is 12.4. The summed E-state index contributed by atoms with van der Waals surface area (Å²) in [5, 5.41) is 10.9. The van der Waals surface area contributed by atoms with E-state index >= 15 is 0 Å². The molecule has 1 atom stereocenters. The fourth-order valence-corrected chi connectivity index (χ4v) is 3.30. The third kappa shape index (κ3) is 5.32. The zero-order valence-electron chi connectivity index (χ0n) is 16.4. The highest BCUT2D eigenvalue weighted by Crippen LogP contribution is 2.24. The first-order valence-corrected chi connectivity index (χ1v) is 9.92. The number of benzene rings is 1. The molecule has 27 heavy (non-hydrogen) atoms. The molecule has 0 bridgehead atoms. The summed E-state index contributed by atoms with van der Waals surface area (Å²) < 4.78 is 0.921. The largest absolute Gasteiger partial charge is 0.348 e. The molecule has 2 rings (SSSR count). The van der Waals surface area contributed by atoms with Gasteiger partial charge in [0.15, 0.2) is 0 Å². The molecule has 3 N–H and O–H groups in total. The van der Waals surface area contributed by atoms with Gasteiger partial charge in [-0.25, -0.2) is 0 Å². The van der Waals surface area contributed by atoms with Crippen molar-refractivity contribution in [3.63, 3.8) is 0 Å². The Balaban J connectivity index is 2.05. The molecule has 0 aliphatic carbocycles. The van der Waals surface area contributed by atoms with Crippen molar-refractivity contribution in [1.29, 1.82) is 0 Å². The molecule has 7 nitrogen and oxygen atoms in total. The third-order valence-electron chi connectivity index (χ3n) is 4.30. The summed E-state index contributed by atoms with van der Waals surface area (Å²) in [7, 11) is 0. The Morgan fingerprint density at radius 2 is 1.74 bits per heavy atom.